The summed E-state index contributed by atoms with van der Waals surface area (Å²) in [6.07, 6.45) is 0.703. The Morgan fingerprint density at radius 2 is 2.05 bits per heavy atom. The van der Waals surface area contributed by atoms with Crippen molar-refractivity contribution in [3.8, 4) is 0 Å². The van der Waals surface area contributed by atoms with E-state index in [9.17, 15) is 8.42 Å². The zero-order chi connectivity index (χ0) is 14.6. The lowest BCUT2D eigenvalue weighted by Gasteiger charge is -2.11. The first-order valence-electron chi connectivity index (χ1n) is 5.93. The van der Waals surface area contributed by atoms with Crippen LogP contribution >= 0.6 is 11.6 Å². The Hall–Kier alpha value is -1.51. The molecule has 7 nitrogen and oxygen atoms in total. The second-order valence-corrected chi connectivity index (χ2v) is 6.29. The minimum absolute atomic E-state index is 0.186. The lowest BCUT2D eigenvalue weighted by atomic mass is 10.2. The van der Waals surface area contributed by atoms with Crippen LogP contribution in [-0.4, -0.2) is 34.9 Å². The molecule has 0 bridgehead atoms. The number of benzene rings is 1. The molecule has 0 aliphatic carbocycles. The average Bonchev–Trinajstić information content (AvgIpc) is 2.93. The van der Waals surface area contributed by atoms with E-state index in [1.54, 1.807) is 31.2 Å². The SMILES string of the molecule is CC(NS(=O)(=O)c1ccc(CCCl)cc1)c1nn[nH]n1. The van der Waals surface area contributed by atoms with Crippen molar-refractivity contribution < 1.29 is 8.42 Å². The molecule has 1 unspecified atom stereocenters. The van der Waals surface area contributed by atoms with Gasteiger partial charge in [0.25, 0.3) is 0 Å². The van der Waals surface area contributed by atoms with Gasteiger partial charge in [0.15, 0.2) is 5.82 Å². The van der Waals surface area contributed by atoms with Crippen molar-refractivity contribution in [3.05, 3.63) is 35.7 Å². The van der Waals surface area contributed by atoms with Gasteiger partial charge in [-0.25, -0.2) is 13.1 Å². The summed E-state index contributed by atoms with van der Waals surface area (Å²) in [6, 6.07) is 6.02. The largest absolute Gasteiger partial charge is 0.241 e. The number of aromatic nitrogens is 4. The predicted octanol–water partition coefficient (Wildman–Crippen LogP) is 1.02. The van der Waals surface area contributed by atoms with Crippen LogP contribution in [0, 0.1) is 0 Å². The van der Waals surface area contributed by atoms with Crippen LogP contribution < -0.4 is 4.72 Å². The minimum atomic E-state index is -3.62. The molecule has 0 fully saturated rings. The van der Waals surface area contributed by atoms with Crippen molar-refractivity contribution in [1.82, 2.24) is 25.3 Å². The van der Waals surface area contributed by atoms with Crippen molar-refractivity contribution in [2.75, 3.05) is 5.88 Å². The van der Waals surface area contributed by atoms with E-state index in [0.717, 1.165) is 5.56 Å². The van der Waals surface area contributed by atoms with Gasteiger partial charge in [0, 0.05) is 5.88 Å². The first kappa shape index (κ1) is 14.9. The summed E-state index contributed by atoms with van der Waals surface area (Å²) < 4.78 is 26.9. The van der Waals surface area contributed by atoms with Crippen LogP contribution in [0.25, 0.3) is 0 Å². The van der Waals surface area contributed by atoms with E-state index in [0.29, 0.717) is 12.3 Å². The number of rotatable bonds is 6. The van der Waals surface area contributed by atoms with Gasteiger partial charge >= 0.3 is 0 Å². The number of tetrazole rings is 1. The van der Waals surface area contributed by atoms with Gasteiger partial charge in [0.2, 0.25) is 10.0 Å². The minimum Gasteiger partial charge on any atom is -0.207 e. The van der Waals surface area contributed by atoms with Crippen molar-refractivity contribution in [1.29, 1.82) is 0 Å². The fraction of sp³-hybridized carbons (Fsp3) is 0.364. The van der Waals surface area contributed by atoms with Gasteiger partial charge in [-0.15, -0.1) is 21.8 Å². The second kappa shape index (κ2) is 6.29. The molecular weight excluding hydrogens is 302 g/mol. The van der Waals surface area contributed by atoms with E-state index in [1.807, 2.05) is 0 Å². The highest BCUT2D eigenvalue weighted by atomic mass is 35.5. The molecule has 1 aromatic carbocycles. The monoisotopic (exact) mass is 315 g/mol. The van der Waals surface area contributed by atoms with Gasteiger partial charge in [-0.2, -0.15) is 5.21 Å². The third-order valence-corrected chi connectivity index (χ3v) is 4.44. The quantitative estimate of drug-likeness (QED) is 0.775. The van der Waals surface area contributed by atoms with Crippen LogP contribution in [0.2, 0.25) is 0 Å². The smallest absolute Gasteiger partial charge is 0.207 e. The molecule has 0 aliphatic heterocycles. The van der Waals surface area contributed by atoms with Gasteiger partial charge in [0.05, 0.1) is 10.9 Å². The Balaban J connectivity index is 2.13. The van der Waals surface area contributed by atoms with Crippen molar-refractivity contribution >= 4 is 21.6 Å². The lowest BCUT2D eigenvalue weighted by Crippen LogP contribution is -2.27. The molecule has 9 heteroatoms. The number of sulfonamides is 1. The Morgan fingerprint density at radius 3 is 2.60 bits per heavy atom. The van der Waals surface area contributed by atoms with Gasteiger partial charge in [-0.1, -0.05) is 17.3 Å². The number of alkyl halides is 1. The Labute approximate surface area is 121 Å². The summed E-state index contributed by atoms with van der Waals surface area (Å²) in [7, 11) is -3.62. The highest BCUT2D eigenvalue weighted by molar-refractivity contribution is 7.89. The zero-order valence-corrected chi connectivity index (χ0v) is 12.3. The summed E-state index contributed by atoms with van der Waals surface area (Å²) >= 11 is 5.64. The molecule has 0 amide bonds. The molecule has 2 N–H and O–H groups in total. The summed E-state index contributed by atoms with van der Waals surface area (Å²) in [5.41, 5.74) is 0.991. The maximum atomic E-state index is 12.2. The number of halogens is 1. The number of aryl methyl sites for hydroxylation is 1. The summed E-state index contributed by atoms with van der Waals surface area (Å²) in [6.45, 7) is 1.64. The van der Waals surface area contributed by atoms with Crippen LogP contribution in [0.4, 0.5) is 0 Å². The third-order valence-electron chi connectivity index (χ3n) is 2.70. The summed E-state index contributed by atoms with van der Waals surface area (Å²) in [5.74, 6) is 0.784. The van der Waals surface area contributed by atoms with Crippen LogP contribution in [0.5, 0.6) is 0 Å². The maximum absolute atomic E-state index is 12.2. The maximum Gasteiger partial charge on any atom is 0.241 e. The highest BCUT2D eigenvalue weighted by Crippen LogP contribution is 2.15. The number of nitrogens with one attached hydrogen (secondary N) is 2. The first-order valence-corrected chi connectivity index (χ1v) is 7.95. The van der Waals surface area contributed by atoms with Crippen LogP contribution in [-0.2, 0) is 16.4 Å². The second-order valence-electron chi connectivity index (χ2n) is 4.20. The number of hydrogen-bond acceptors (Lipinski definition) is 5. The molecule has 0 radical (unpaired) electrons. The fourth-order valence-electron chi connectivity index (χ4n) is 1.65. The van der Waals surface area contributed by atoms with Gasteiger partial charge < -0.3 is 0 Å². The molecular formula is C11H14ClN5O2S. The lowest BCUT2D eigenvalue weighted by molar-refractivity contribution is 0.560. The van der Waals surface area contributed by atoms with Crippen LogP contribution in [0.15, 0.2) is 29.2 Å². The molecule has 2 aromatic rings. The number of H-pyrrole nitrogens is 1. The van der Waals surface area contributed by atoms with Crippen LogP contribution in [0.3, 0.4) is 0 Å². The van der Waals surface area contributed by atoms with Crippen molar-refractivity contribution in [2.45, 2.75) is 24.3 Å². The van der Waals surface area contributed by atoms with E-state index in [-0.39, 0.29) is 10.7 Å². The Bertz CT molecular complexity index is 642. The Kier molecular flexibility index (Phi) is 4.69. The van der Waals surface area contributed by atoms with Gasteiger partial charge in [-0.05, 0) is 31.0 Å². The number of nitrogens with zero attached hydrogens (tertiary/aromatic N) is 3. The molecule has 1 atom stereocenters. The predicted molar refractivity (Wildman–Crippen MR) is 73.8 cm³/mol. The molecule has 0 spiro atoms. The summed E-state index contributed by atoms with van der Waals surface area (Å²) in [4.78, 5) is 0.186. The topological polar surface area (TPSA) is 101 Å². The molecule has 0 aliphatic rings. The molecule has 108 valence electrons. The third kappa shape index (κ3) is 3.53. The van der Waals surface area contributed by atoms with Gasteiger partial charge in [-0.3, -0.25) is 0 Å². The van der Waals surface area contributed by atoms with E-state index in [2.05, 4.69) is 25.3 Å². The standard InChI is InChI=1S/C11H14ClN5O2S/c1-8(11-13-16-17-14-11)15-20(18,19)10-4-2-9(3-5-10)6-7-12/h2-5,8,15H,6-7H2,1H3,(H,13,14,16,17). The molecule has 1 heterocycles. The van der Waals surface area contributed by atoms with E-state index in [4.69, 9.17) is 11.6 Å². The zero-order valence-electron chi connectivity index (χ0n) is 10.7. The molecule has 2 rings (SSSR count). The highest BCUT2D eigenvalue weighted by Gasteiger charge is 2.20. The fourth-order valence-corrected chi connectivity index (χ4v) is 3.07. The van der Waals surface area contributed by atoms with Crippen LogP contribution in [0.1, 0.15) is 24.4 Å². The normalized spacial score (nSPS) is 13.3. The molecule has 1 aromatic heterocycles. The summed E-state index contributed by atoms with van der Waals surface area (Å²) in [5, 5.41) is 13.2. The number of aromatic amines is 1. The van der Waals surface area contributed by atoms with Crippen molar-refractivity contribution in [3.63, 3.8) is 0 Å². The molecule has 0 saturated carbocycles. The van der Waals surface area contributed by atoms with Gasteiger partial charge in [0.1, 0.15) is 0 Å². The number of hydrogen-bond donors (Lipinski definition) is 2. The Morgan fingerprint density at radius 1 is 1.35 bits per heavy atom. The average molecular weight is 316 g/mol. The molecule has 20 heavy (non-hydrogen) atoms. The molecule has 0 saturated heterocycles. The first-order chi connectivity index (χ1) is 9.53. The van der Waals surface area contributed by atoms with E-state index < -0.39 is 16.1 Å². The van der Waals surface area contributed by atoms with Crippen molar-refractivity contribution in [2.24, 2.45) is 0 Å². The van der Waals surface area contributed by atoms with E-state index in [1.165, 1.54) is 0 Å². The van der Waals surface area contributed by atoms with E-state index >= 15 is 0 Å².